The highest BCUT2D eigenvalue weighted by Gasteiger charge is 2.22. The van der Waals surface area contributed by atoms with E-state index in [1.807, 2.05) is 102 Å². The number of rotatable bonds is 12. The summed E-state index contributed by atoms with van der Waals surface area (Å²) in [5, 5.41) is 12.1. The van der Waals surface area contributed by atoms with Crippen molar-refractivity contribution >= 4 is 33.4 Å². The first-order valence-electron chi connectivity index (χ1n) is 15.9. The Balaban J connectivity index is 1.30. The van der Waals surface area contributed by atoms with E-state index in [9.17, 15) is 0 Å². The Hall–Kier alpha value is -5.57. The highest BCUT2D eigenvalue weighted by Crippen LogP contribution is 2.42. The van der Waals surface area contributed by atoms with Gasteiger partial charge in [0.25, 0.3) is 0 Å². The van der Waals surface area contributed by atoms with Crippen molar-refractivity contribution in [3.05, 3.63) is 137 Å². The van der Waals surface area contributed by atoms with Crippen molar-refractivity contribution in [3.63, 3.8) is 0 Å². The minimum Gasteiger partial charge on any atom is -0.497 e. The first-order chi connectivity index (χ1) is 24.0. The van der Waals surface area contributed by atoms with Crippen LogP contribution in [0.15, 0.2) is 115 Å². The number of pyridine rings is 1. The summed E-state index contributed by atoms with van der Waals surface area (Å²) in [5.41, 5.74) is 5.30. The van der Waals surface area contributed by atoms with Crippen molar-refractivity contribution in [2.75, 3.05) is 21.3 Å². The molecule has 2 aromatic heterocycles. The van der Waals surface area contributed by atoms with Gasteiger partial charge in [-0.25, -0.2) is 9.67 Å². The standard InChI is InChI=1S/C40H35ClN4O4/c1-46-30-13-9-10-27(20-30)25-45-40-38(35(44-45)24-42-23-26-16-18-29(19-17-26)49-28-11-5-4-6-12-28)32-21-36(47-2)37(48-3)22-33(32)39(43-40)31-14-7-8-15-34(31)41/h4-22,42H,23-25H2,1-3H3. The quantitative estimate of drug-likeness (QED) is 0.139. The zero-order valence-corrected chi connectivity index (χ0v) is 28.2. The van der Waals surface area contributed by atoms with Crippen molar-refractivity contribution in [1.29, 1.82) is 0 Å². The van der Waals surface area contributed by atoms with Gasteiger partial charge in [-0.2, -0.15) is 5.10 Å². The molecule has 0 fully saturated rings. The summed E-state index contributed by atoms with van der Waals surface area (Å²) in [4.78, 5) is 5.28. The Bertz CT molecular complexity index is 2240. The Labute approximate surface area is 289 Å². The molecule has 0 saturated carbocycles. The van der Waals surface area contributed by atoms with Crippen molar-refractivity contribution in [3.8, 4) is 40.0 Å². The third-order valence-corrected chi connectivity index (χ3v) is 8.71. The molecule has 0 unspecified atom stereocenters. The molecule has 8 nitrogen and oxygen atoms in total. The van der Waals surface area contributed by atoms with Crippen LogP contribution in [0.4, 0.5) is 0 Å². The maximum Gasteiger partial charge on any atom is 0.161 e. The van der Waals surface area contributed by atoms with E-state index in [0.717, 1.165) is 67.1 Å². The highest BCUT2D eigenvalue weighted by atomic mass is 35.5. The van der Waals surface area contributed by atoms with Crippen LogP contribution in [0.2, 0.25) is 5.02 Å². The number of ether oxygens (including phenoxy) is 4. The molecule has 9 heteroatoms. The predicted molar refractivity (Wildman–Crippen MR) is 194 cm³/mol. The number of benzene rings is 5. The third-order valence-electron chi connectivity index (χ3n) is 8.38. The van der Waals surface area contributed by atoms with Gasteiger partial charge in [-0.3, -0.25) is 0 Å². The average Bonchev–Trinajstić information content (AvgIpc) is 3.48. The van der Waals surface area contributed by atoms with Gasteiger partial charge in [0.15, 0.2) is 17.1 Å². The van der Waals surface area contributed by atoms with Gasteiger partial charge in [0.1, 0.15) is 17.2 Å². The molecule has 7 rings (SSSR count). The van der Waals surface area contributed by atoms with Gasteiger partial charge in [0, 0.05) is 34.4 Å². The number of aromatic nitrogens is 3. The monoisotopic (exact) mass is 670 g/mol. The molecule has 0 aliphatic carbocycles. The third kappa shape index (κ3) is 6.74. The fourth-order valence-electron chi connectivity index (χ4n) is 6.00. The number of methoxy groups -OCH3 is 3. The van der Waals surface area contributed by atoms with Crippen LogP contribution in [0.5, 0.6) is 28.7 Å². The average molecular weight is 671 g/mol. The molecule has 0 amide bonds. The Morgan fingerprint density at radius 1 is 0.653 bits per heavy atom. The Morgan fingerprint density at radius 2 is 1.35 bits per heavy atom. The molecule has 5 aromatic carbocycles. The summed E-state index contributed by atoms with van der Waals surface area (Å²) in [6, 6.07) is 37.5. The first kappa shape index (κ1) is 32.0. The smallest absolute Gasteiger partial charge is 0.161 e. The second-order valence-corrected chi connectivity index (χ2v) is 11.9. The van der Waals surface area contributed by atoms with Crippen molar-refractivity contribution in [1.82, 2.24) is 20.1 Å². The van der Waals surface area contributed by atoms with E-state index in [-0.39, 0.29) is 0 Å². The van der Waals surface area contributed by atoms with Gasteiger partial charge in [0.05, 0.1) is 44.6 Å². The number of nitrogens with zero attached hydrogens (tertiary/aromatic N) is 3. The van der Waals surface area contributed by atoms with Crippen LogP contribution in [0.25, 0.3) is 33.1 Å². The lowest BCUT2D eigenvalue weighted by molar-refractivity contribution is 0.356. The fourth-order valence-corrected chi connectivity index (χ4v) is 6.23. The summed E-state index contributed by atoms with van der Waals surface area (Å²) >= 11 is 6.78. The van der Waals surface area contributed by atoms with Crippen molar-refractivity contribution in [2.45, 2.75) is 19.6 Å². The van der Waals surface area contributed by atoms with E-state index < -0.39 is 0 Å². The second-order valence-electron chi connectivity index (χ2n) is 11.5. The van der Waals surface area contributed by atoms with Crippen molar-refractivity contribution < 1.29 is 18.9 Å². The second kappa shape index (κ2) is 14.3. The van der Waals surface area contributed by atoms with E-state index >= 15 is 0 Å². The highest BCUT2D eigenvalue weighted by molar-refractivity contribution is 6.33. The fraction of sp³-hybridized carbons (Fsp3) is 0.150. The molecule has 2 heterocycles. The molecular weight excluding hydrogens is 636 g/mol. The van der Waals surface area contributed by atoms with Gasteiger partial charge < -0.3 is 24.3 Å². The molecule has 0 atom stereocenters. The van der Waals surface area contributed by atoms with E-state index in [4.69, 9.17) is 40.6 Å². The molecule has 246 valence electrons. The molecule has 7 aromatic rings. The van der Waals surface area contributed by atoms with E-state index in [1.165, 1.54) is 0 Å². The zero-order valence-electron chi connectivity index (χ0n) is 27.4. The maximum absolute atomic E-state index is 6.78. The van der Waals surface area contributed by atoms with Crippen LogP contribution in [-0.2, 0) is 19.6 Å². The summed E-state index contributed by atoms with van der Waals surface area (Å²) in [7, 11) is 4.94. The van der Waals surface area contributed by atoms with Gasteiger partial charge >= 0.3 is 0 Å². The van der Waals surface area contributed by atoms with Crippen LogP contribution in [0.1, 0.15) is 16.8 Å². The normalized spacial score (nSPS) is 11.2. The molecule has 0 saturated heterocycles. The molecule has 0 bridgehead atoms. The molecule has 0 spiro atoms. The summed E-state index contributed by atoms with van der Waals surface area (Å²) in [6.07, 6.45) is 0. The number of halogens is 1. The van der Waals surface area contributed by atoms with Gasteiger partial charge in [-0.15, -0.1) is 0 Å². The maximum atomic E-state index is 6.78. The molecule has 49 heavy (non-hydrogen) atoms. The summed E-state index contributed by atoms with van der Waals surface area (Å²) < 4.78 is 24.9. The molecule has 1 N–H and O–H groups in total. The largest absolute Gasteiger partial charge is 0.497 e. The molecule has 0 radical (unpaired) electrons. The molecule has 0 aliphatic rings. The van der Waals surface area contributed by atoms with E-state index in [2.05, 4.69) is 23.5 Å². The number of nitrogens with one attached hydrogen (secondary N) is 1. The number of hydrogen-bond donors (Lipinski definition) is 1. The zero-order chi connectivity index (χ0) is 33.7. The van der Waals surface area contributed by atoms with E-state index in [0.29, 0.717) is 36.2 Å². The summed E-state index contributed by atoms with van der Waals surface area (Å²) in [5.74, 6) is 3.59. The lowest BCUT2D eigenvalue weighted by Gasteiger charge is -2.14. The minimum atomic E-state index is 0.490. The number of hydrogen-bond acceptors (Lipinski definition) is 7. The van der Waals surface area contributed by atoms with E-state index in [1.54, 1.807) is 21.3 Å². The van der Waals surface area contributed by atoms with Crippen LogP contribution < -0.4 is 24.3 Å². The predicted octanol–water partition coefficient (Wildman–Crippen LogP) is 9.06. The number of fused-ring (bicyclic) bond motifs is 3. The first-order valence-corrected chi connectivity index (χ1v) is 16.3. The van der Waals surface area contributed by atoms with Crippen LogP contribution in [0, 0.1) is 0 Å². The Morgan fingerprint density at radius 3 is 2.08 bits per heavy atom. The topological polar surface area (TPSA) is 79.7 Å². The number of para-hydroxylation sites is 1. The van der Waals surface area contributed by atoms with Crippen LogP contribution >= 0.6 is 11.6 Å². The lowest BCUT2D eigenvalue weighted by atomic mass is 10.00. The lowest BCUT2D eigenvalue weighted by Crippen LogP contribution is -2.13. The van der Waals surface area contributed by atoms with Crippen LogP contribution in [0.3, 0.4) is 0 Å². The van der Waals surface area contributed by atoms with Gasteiger partial charge in [-0.05, 0) is 65.7 Å². The van der Waals surface area contributed by atoms with Gasteiger partial charge in [-0.1, -0.05) is 72.3 Å². The summed E-state index contributed by atoms with van der Waals surface area (Å²) in [6.45, 7) is 1.63. The molecular formula is C40H35ClN4O4. The van der Waals surface area contributed by atoms with Crippen molar-refractivity contribution in [2.24, 2.45) is 0 Å². The SMILES string of the molecule is COc1cccc(Cn2nc(CNCc3ccc(Oc4ccccc4)cc3)c3c4cc(OC)c(OC)cc4c(-c4ccccc4Cl)nc32)c1. The molecule has 0 aliphatic heterocycles. The Kier molecular flexibility index (Phi) is 9.32. The van der Waals surface area contributed by atoms with Gasteiger partial charge in [0.2, 0.25) is 0 Å². The van der Waals surface area contributed by atoms with Crippen LogP contribution in [-0.4, -0.2) is 36.1 Å². The minimum absolute atomic E-state index is 0.490.